The van der Waals surface area contributed by atoms with Crippen molar-refractivity contribution < 1.29 is 43.4 Å². The highest BCUT2D eigenvalue weighted by Crippen LogP contribution is 2.45. The number of oxime groups is 1. The van der Waals surface area contributed by atoms with Gasteiger partial charge in [-0.3, -0.25) is 19.3 Å². The number of aryl methyl sites for hydroxylation is 1. The number of quaternary nitrogens is 1. The number of hydrogen-bond donors (Lipinski definition) is 4. The molecule has 3 fully saturated rings. The van der Waals surface area contributed by atoms with E-state index in [1.807, 2.05) is 0 Å². The van der Waals surface area contributed by atoms with Gasteiger partial charge in [-0.15, -0.1) is 16.9 Å². The molecule has 55 heavy (non-hydrogen) atoms. The molecule has 6 heterocycles. The van der Waals surface area contributed by atoms with Crippen LogP contribution in [0.5, 0.6) is 11.5 Å². The van der Waals surface area contributed by atoms with E-state index in [0.717, 1.165) is 36.5 Å². The normalized spacial score (nSPS) is 23.9. The summed E-state index contributed by atoms with van der Waals surface area (Å²) in [7, 11) is 2.88. The van der Waals surface area contributed by atoms with Gasteiger partial charge in [0.25, 0.3) is 17.7 Å². The summed E-state index contributed by atoms with van der Waals surface area (Å²) < 4.78 is 11.0. The monoisotopic (exact) mass is 817 g/mol. The number of ether oxygens (including phenoxy) is 1. The number of phenols is 2. The molecular weight excluding hydrogens is 780 g/mol. The van der Waals surface area contributed by atoms with E-state index in [1.54, 1.807) is 16.8 Å². The molecule has 4 aliphatic heterocycles. The highest BCUT2D eigenvalue weighted by atomic mass is 35.5. The minimum Gasteiger partial charge on any atom is -0.504 e. The number of β-lactam (4-membered cyclic amide) rings is 1. The van der Waals surface area contributed by atoms with E-state index in [0.29, 0.717) is 47.9 Å². The first-order chi connectivity index (χ1) is 26.2. The van der Waals surface area contributed by atoms with Crippen molar-refractivity contribution in [3.05, 3.63) is 39.9 Å². The molecule has 4 aliphatic rings. The summed E-state index contributed by atoms with van der Waals surface area (Å²) in [6, 6.07) is 1.77. The lowest BCUT2D eigenvalue weighted by molar-refractivity contribution is -0.938. The second-order valence-corrected chi connectivity index (χ2v) is 16.4. The van der Waals surface area contributed by atoms with Crippen molar-refractivity contribution in [3.8, 4) is 11.5 Å². The van der Waals surface area contributed by atoms with Crippen LogP contribution < -0.4 is 11.1 Å². The van der Waals surface area contributed by atoms with Crippen molar-refractivity contribution in [3.63, 3.8) is 0 Å². The van der Waals surface area contributed by atoms with Gasteiger partial charge in [0.05, 0.1) is 49.6 Å². The lowest BCUT2D eigenvalue weighted by Gasteiger charge is -2.52. The van der Waals surface area contributed by atoms with Gasteiger partial charge in [0.15, 0.2) is 22.5 Å². The number of hydrogen-bond acceptors (Lipinski definition) is 17. The van der Waals surface area contributed by atoms with E-state index in [9.17, 15) is 29.4 Å². The van der Waals surface area contributed by atoms with Gasteiger partial charge in [-0.1, -0.05) is 16.8 Å². The number of anilines is 1. The number of nitrogens with one attached hydrogen (secondary N) is 1. The fourth-order valence-electron chi connectivity index (χ4n) is 7.48. The molecular formula is C32H38ClN12O8S2+. The molecule has 0 radical (unpaired) electrons. The van der Waals surface area contributed by atoms with Gasteiger partial charge in [0, 0.05) is 42.7 Å². The Bertz CT molecular complexity index is 2140. The third kappa shape index (κ3) is 6.80. The largest absolute Gasteiger partial charge is 0.504 e. The van der Waals surface area contributed by atoms with Crippen LogP contribution in [-0.2, 0) is 31.0 Å². The van der Waals surface area contributed by atoms with E-state index in [2.05, 4.69) is 35.4 Å². The molecule has 292 valence electrons. The van der Waals surface area contributed by atoms with Gasteiger partial charge < -0.3 is 40.2 Å². The average Bonchev–Trinajstić information content (AvgIpc) is 3.91. The van der Waals surface area contributed by atoms with Crippen LogP contribution in [0.15, 0.2) is 22.9 Å². The molecule has 5 N–H and O–H groups in total. The number of halogens is 1. The number of carbonyl (C=O) groups is 4. The first kappa shape index (κ1) is 38.2. The third-order valence-corrected chi connectivity index (χ3v) is 12.6. The Hall–Kier alpha value is -5.06. The molecule has 0 aliphatic carbocycles. The van der Waals surface area contributed by atoms with Crippen LogP contribution in [0, 0.1) is 0 Å². The van der Waals surface area contributed by atoms with Crippen LogP contribution in [-0.4, -0.2) is 152 Å². The summed E-state index contributed by atoms with van der Waals surface area (Å²) in [5.74, 6) is -2.47. The highest BCUT2D eigenvalue weighted by molar-refractivity contribution is 8.00. The topological polar surface area (TPSA) is 253 Å². The summed E-state index contributed by atoms with van der Waals surface area (Å²) in [5, 5.41) is 38.1. The molecule has 0 unspecified atom stereocenters. The number of nitrogens with zero attached hydrogens (tertiary/aromatic N) is 10. The number of thioether (sulfide) groups is 1. The fraction of sp³-hybridized carbons (Fsp3) is 0.500. The smallest absolute Gasteiger partial charge is 0.352 e. The number of benzene rings is 1. The number of esters is 1. The Morgan fingerprint density at radius 1 is 1.24 bits per heavy atom. The van der Waals surface area contributed by atoms with Crippen LogP contribution in [0.4, 0.5) is 5.13 Å². The van der Waals surface area contributed by atoms with Gasteiger partial charge in [0.1, 0.15) is 24.0 Å². The maximum atomic E-state index is 14.1. The SMILES string of the molecule is COC(=O)C(C)(C)O/N=C(\C(=O)N[C@@H]1C(=O)N2C(c3nnnn3C)=C(C[N@+]34CCC[C@H]3CN(C(=O)c3ccc(O)c(O)c3Cl)CC4)CS[C@H]12)c1nsc(N)n1. The van der Waals surface area contributed by atoms with Crippen LogP contribution in [0.2, 0.25) is 5.02 Å². The predicted molar refractivity (Wildman–Crippen MR) is 197 cm³/mol. The fourth-order valence-corrected chi connectivity index (χ4v) is 9.49. The van der Waals surface area contributed by atoms with Crippen molar-refractivity contribution >= 4 is 75.1 Å². The van der Waals surface area contributed by atoms with E-state index in [4.69, 9.17) is 26.9 Å². The Labute approximate surface area is 327 Å². The van der Waals surface area contributed by atoms with Crippen LogP contribution in [0.3, 0.4) is 0 Å². The van der Waals surface area contributed by atoms with Crippen molar-refractivity contribution in [2.45, 2.75) is 49.7 Å². The van der Waals surface area contributed by atoms with Crippen molar-refractivity contribution in [2.24, 2.45) is 12.2 Å². The van der Waals surface area contributed by atoms with E-state index in [-0.39, 0.29) is 39.2 Å². The minimum atomic E-state index is -1.56. The standard InChI is InChI=1S/C32H37ClN12O8S2/c1-32(2,30(51)52-4)53-38-20(24-36-31(34)55-39-24)26(48)35-21-28(50)44-22(25-37-40-41-42(25)3)15(14-54-29(21)44)13-45-10-5-6-16(45)12-43(9-11-45)27(49)17-7-8-18(46)23(47)19(17)33/h7-8,16,21,29H,5-6,9-14H2,1-4H3,(H4-,34,35,36,38,39,40,41,46,47,48,49)/p+1/t16-,21+,29+,45+/m0/s1. The van der Waals surface area contributed by atoms with E-state index >= 15 is 0 Å². The first-order valence-corrected chi connectivity index (χ1v) is 19.4. The van der Waals surface area contributed by atoms with Crippen molar-refractivity contribution in [1.82, 2.24) is 44.7 Å². The first-order valence-electron chi connectivity index (χ1n) is 17.2. The van der Waals surface area contributed by atoms with E-state index < -0.39 is 46.3 Å². The molecule has 1 aromatic carbocycles. The number of nitrogens with two attached hydrogens (primary N) is 1. The molecule has 23 heteroatoms. The zero-order valence-corrected chi connectivity index (χ0v) is 32.5. The van der Waals surface area contributed by atoms with Gasteiger partial charge in [0.2, 0.25) is 17.1 Å². The molecule has 3 amide bonds. The van der Waals surface area contributed by atoms with Crippen molar-refractivity contribution in [2.75, 3.05) is 51.3 Å². The highest BCUT2D eigenvalue weighted by Gasteiger charge is 2.56. The Morgan fingerprint density at radius 2 is 2.02 bits per heavy atom. The lowest BCUT2D eigenvalue weighted by Crippen LogP contribution is -2.70. The van der Waals surface area contributed by atoms with Gasteiger partial charge in [-0.05, 0) is 36.4 Å². The molecule has 3 saturated heterocycles. The maximum Gasteiger partial charge on any atom is 0.352 e. The van der Waals surface area contributed by atoms with Crippen molar-refractivity contribution in [1.29, 1.82) is 0 Å². The molecule has 0 saturated carbocycles. The minimum absolute atomic E-state index is 0.0673. The molecule has 3 aromatic rings. The Kier molecular flexibility index (Phi) is 10.1. The van der Waals surface area contributed by atoms with Crippen LogP contribution in [0.1, 0.15) is 48.7 Å². The molecule has 7 rings (SSSR count). The quantitative estimate of drug-likeness (QED) is 0.0537. The second kappa shape index (κ2) is 14.5. The average molecular weight is 818 g/mol. The summed E-state index contributed by atoms with van der Waals surface area (Å²) in [4.78, 5) is 66.4. The molecule has 0 bridgehead atoms. The summed E-state index contributed by atoms with van der Waals surface area (Å²) in [5.41, 5.74) is 5.48. The number of carbonyl (C=O) groups excluding carboxylic acids is 4. The number of aromatic nitrogens is 6. The molecule has 2 aromatic heterocycles. The van der Waals surface area contributed by atoms with E-state index in [1.165, 1.54) is 49.5 Å². The summed E-state index contributed by atoms with van der Waals surface area (Å²) >= 11 is 8.57. The van der Waals surface area contributed by atoms with Crippen LogP contribution in [0.25, 0.3) is 5.70 Å². The number of amides is 3. The zero-order chi connectivity index (χ0) is 39.4. The number of aromatic hydroxyl groups is 2. The molecule has 20 nitrogen and oxygen atoms in total. The number of nitrogen functional groups attached to an aromatic ring is 1. The van der Waals surface area contributed by atoms with Gasteiger partial charge in [-0.25, -0.2) is 9.48 Å². The van der Waals surface area contributed by atoms with Gasteiger partial charge >= 0.3 is 5.97 Å². The number of phenolic OH excluding ortho intramolecular Hbond substituents is 2. The Morgan fingerprint density at radius 3 is 2.71 bits per heavy atom. The van der Waals surface area contributed by atoms with Gasteiger partial charge in [-0.2, -0.15) is 9.36 Å². The number of rotatable bonds is 10. The predicted octanol–water partition coefficient (Wildman–Crippen LogP) is 0.327. The second-order valence-electron chi connectivity index (χ2n) is 14.1. The third-order valence-electron chi connectivity index (χ3n) is 10.4. The lowest BCUT2D eigenvalue weighted by atomic mass is 10.00. The maximum absolute atomic E-state index is 14.1. The number of piperazine rings is 1. The number of tetrazole rings is 1. The summed E-state index contributed by atoms with van der Waals surface area (Å²) in [6.45, 7) is 5.80. The zero-order valence-electron chi connectivity index (χ0n) is 30.1. The molecule has 4 atom stereocenters. The number of fused-ring (bicyclic) bond motifs is 2. The molecule has 0 spiro atoms. The van der Waals surface area contributed by atoms with Crippen LogP contribution >= 0.6 is 34.9 Å². The summed E-state index contributed by atoms with van der Waals surface area (Å²) in [6.07, 6.45) is 1.82. The Balaban J connectivity index is 1.12. The number of methoxy groups -OCH3 is 1.